The molecule has 2 heteroatoms. The van der Waals surface area contributed by atoms with Gasteiger partial charge in [-0.3, -0.25) is 0 Å². The van der Waals surface area contributed by atoms with Crippen molar-refractivity contribution in [2.45, 2.75) is 6.42 Å². The van der Waals surface area contributed by atoms with E-state index in [1.54, 1.807) is 0 Å². The number of para-hydroxylation sites is 1. The first-order chi connectivity index (χ1) is 6.77. The minimum Gasteiger partial charge on any atom is -0.361 e. The second-order valence-corrected chi connectivity index (χ2v) is 3.91. The number of aromatic nitrogens is 1. The van der Waals surface area contributed by atoms with E-state index in [1.165, 1.54) is 16.5 Å². The maximum absolute atomic E-state index is 3.29. The standard InChI is InChI=1S/C12H16N2/c1-14(2)9-7-11-5-3-4-10-6-8-13-12(10)11/h3-6,8,13H,7,9H2,1-2H3. The zero-order valence-corrected chi connectivity index (χ0v) is 8.75. The Labute approximate surface area is 84.5 Å². The van der Waals surface area contributed by atoms with E-state index >= 15 is 0 Å². The number of nitrogens with one attached hydrogen (secondary N) is 1. The average molecular weight is 188 g/mol. The molecule has 0 saturated heterocycles. The second kappa shape index (κ2) is 3.84. The van der Waals surface area contributed by atoms with Gasteiger partial charge in [0, 0.05) is 18.3 Å². The predicted molar refractivity (Wildman–Crippen MR) is 60.6 cm³/mol. The van der Waals surface area contributed by atoms with Crippen LogP contribution in [0.5, 0.6) is 0 Å². The van der Waals surface area contributed by atoms with Gasteiger partial charge < -0.3 is 9.88 Å². The molecule has 0 unspecified atom stereocenters. The molecule has 0 aliphatic carbocycles. The Morgan fingerprint density at radius 2 is 2.07 bits per heavy atom. The van der Waals surface area contributed by atoms with Crippen molar-refractivity contribution in [3.8, 4) is 0 Å². The Morgan fingerprint density at radius 3 is 2.86 bits per heavy atom. The monoisotopic (exact) mass is 188 g/mol. The van der Waals surface area contributed by atoms with Gasteiger partial charge in [-0.05, 0) is 37.5 Å². The van der Waals surface area contributed by atoms with Crippen LogP contribution in [0.2, 0.25) is 0 Å². The molecule has 1 aromatic heterocycles. The molecule has 0 aliphatic heterocycles. The van der Waals surface area contributed by atoms with Crippen molar-refractivity contribution in [1.29, 1.82) is 0 Å². The Hall–Kier alpha value is -1.28. The highest BCUT2D eigenvalue weighted by Gasteiger charge is 2.01. The summed E-state index contributed by atoms with van der Waals surface area (Å²) in [6.07, 6.45) is 3.11. The molecule has 74 valence electrons. The minimum absolute atomic E-state index is 1.10. The Kier molecular flexibility index (Phi) is 2.55. The van der Waals surface area contributed by atoms with E-state index in [0.29, 0.717) is 0 Å². The van der Waals surface area contributed by atoms with Crippen molar-refractivity contribution in [1.82, 2.24) is 9.88 Å². The highest BCUT2D eigenvalue weighted by Crippen LogP contribution is 2.17. The van der Waals surface area contributed by atoms with Crippen molar-refractivity contribution in [3.05, 3.63) is 36.0 Å². The molecule has 0 atom stereocenters. The van der Waals surface area contributed by atoms with Crippen molar-refractivity contribution in [2.75, 3.05) is 20.6 Å². The normalized spacial score (nSPS) is 11.4. The third kappa shape index (κ3) is 1.80. The van der Waals surface area contributed by atoms with Crippen LogP contribution in [0.15, 0.2) is 30.5 Å². The van der Waals surface area contributed by atoms with Gasteiger partial charge in [0.25, 0.3) is 0 Å². The van der Waals surface area contributed by atoms with Gasteiger partial charge in [0.2, 0.25) is 0 Å². The van der Waals surface area contributed by atoms with Gasteiger partial charge in [-0.15, -0.1) is 0 Å². The third-order valence-electron chi connectivity index (χ3n) is 2.50. The molecule has 2 nitrogen and oxygen atoms in total. The lowest BCUT2D eigenvalue weighted by Crippen LogP contribution is -2.15. The molecule has 0 bridgehead atoms. The number of hydrogen-bond donors (Lipinski definition) is 1. The van der Waals surface area contributed by atoms with Crippen LogP contribution >= 0.6 is 0 Å². The Morgan fingerprint density at radius 1 is 1.21 bits per heavy atom. The van der Waals surface area contributed by atoms with Gasteiger partial charge in [-0.25, -0.2) is 0 Å². The molecule has 0 spiro atoms. The summed E-state index contributed by atoms with van der Waals surface area (Å²) >= 11 is 0. The first-order valence-electron chi connectivity index (χ1n) is 4.97. The second-order valence-electron chi connectivity index (χ2n) is 3.91. The molecule has 0 aliphatic rings. The van der Waals surface area contributed by atoms with Crippen LogP contribution in [0.25, 0.3) is 10.9 Å². The molecule has 1 heterocycles. The summed E-state index contributed by atoms with van der Waals surface area (Å²) < 4.78 is 0. The molecule has 2 aromatic rings. The largest absolute Gasteiger partial charge is 0.361 e. The number of benzene rings is 1. The van der Waals surface area contributed by atoms with E-state index in [9.17, 15) is 0 Å². The van der Waals surface area contributed by atoms with Gasteiger partial charge in [-0.2, -0.15) is 0 Å². The van der Waals surface area contributed by atoms with Gasteiger partial charge in [0.1, 0.15) is 0 Å². The topological polar surface area (TPSA) is 19.0 Å². The lowest BCUT2D eigenvalue weighted by molar-refractivity contribution is 0.414. The molecular formula is C12H16N2. The first kappa shape index (κ1) is 9.28. The van der Waals surface area contributed by atoms with Crippen molar-refractivity contribution in [2.24, 2.45) is 0 Å². The number of nitrogens with zero attached hydrogens (tertiary/aromatic N) is 1. The predicted octanol–water partition coefficient (Wildman–Crippen LogP) is 2.27. The molecule has 0 fully saturated rings. The van der Waals surface area contributed by atoms with E-state index in [-0.39, 0.29) is 0 Å². The molecule has 0 radical (unpaired) electrons. The van der Waals surface area contributed by atoms with Crippen LogP contribution in [0.4, 0.5) is 0 Å². The highest BCUT2D eigenvalue weighted by molar-refractivity contribution is 5.82. The van der Waals surface area contributed by atoms with Crippen LogP contribution in [0, 0.1) is 0 Å². The minimum atomic E-state index is 1.10. The smallest absolute Gasteiger partial charge is 0.0486 e. The number of likely N-dealkylation sites (N-methyl/N-ethyl adjacent to an activating group) is 1. The lowest BCUT2D eigenvalue weighted by Gasteiger charge is -2.09. The van der Waals surface area contributed by atoms with E-state index < -0.39 is 0 Å². The third-order valence-corrected chi connectivity index (χ3v) is 2.50. The maximum atomic E-state index is 3.29. The summed E-state index contributed by atoms with van der Waals surface area (Å²) in [5, 5.41) is 1.31. The molecular weight excluding hydrogens is 172 g/mol. The fourth-order valence-electron chi connectivity index (χ4n) is 1.70. The summed E-state index contributed by atoms with van der Waals surface area (Å²) in [5.41, 5.74) is 2.69. The highest BCUT2D eigenvalue weighted by atomic mass is 15.0. The molecule has 0 amide bonds. The molecule has 14 heavy (non-hydrogen) atoms. The van der Waals surface area contributed by atoms with Crippen LogP contribution < -0.4 is 0 Å². The summed E-state index contributed by atoms with van der Waals surface area (Å²) in [5.74, 6) is 0. The number of hydrogen-bond acceptors (Lipinski definition) is 1. The van der Waals surface area contributed by atoms with Crippen LogP contribution in [-0.4, -0.2) is 30.5 Å². The zero-order chi connectivity index (χ0) is 9.97. The maximum Gasteiger partial charge on any atom is 0.0486 e. The van der Waals surface area contributed by atoms with Gasteiger partial charge in [0.15, 0.2) is 0 Å². The van der Waals surface area contributed by atoms with Crippen LogP contribution in [-0.2, 0) is 6.42 Å². The van der Waals surface area contributed by atoms with Gasteiger partial charge in [0.05, 0.1) is 0 Å². The fourth-order valence-corrected chi connectivity index (χ4v) is 1.70. The molecule has 1 N–H and O–H groups in total. The van der Waals surface area contributed by atoms with Crippen molar-refractivity contribution < 1.29 is 0 Å². The zero-order valence-electron chi connectivity index (χ0n) is 8.75. The molecule has 1 aromatic carbocycles. The number of aromatic amines is 1. The molecule has 2 rings (SSSR count). The van der Waals surface area contributed by atoms with Crippen LogP contribution in [0.1, 0.15) is 5.56 Å². The summed E-state index contributed by atoms with van der Waals surface area (Å²) in [6.45, 7) is 1.10. The number of rotatable bonds is 3. The molecule has 0 saturated carbocycles. The number of H-pyrrole nitrogens is 1. The number of fused-ring (bicyclic) bond motifs is 1. The quantitative estimate of drug-likeness (QED) is 0.783. The summed E-state index contributed by atoms with van der Waals surface area (Å²) in [7, 11) is 4.21. The van der Waals surface area contributed by atoms with E-state index in [2.05, 4.69) is 48.2 Å². The Bertz CT molecular complexity index is 415. The average Bonchev–Trinajstić information content (AvgIpc) is 2.62. The van der Waals surface area contributed by atoms with E-state index in [1.807, 2.05) is 6.20 Å². The summed E-state index contributed by atoms with van der Waals surface area (Å²) in [6, 6.07) is 8.59. The van der Waals surface area contributed by atoms with E-state index in [4.69, 9.17) is 0 Å². The lowest BCUT2D eigenvalue weighted by atomic mass is 10.1. The van der Waals surface area contributed by atoms with E-state index in [0.717, 1.165) is 13.0 Å². The SMILES string of the molecule is CN(C)CCc1cccc2cc[nH]c12. The van der Waals surface area contributed by atoms with Crippen LogP contribution in [0.3, 0.4) is 0 Å². The summed E-state index contributed by atoms with van der Waals surface area (Å²) in [4.78, 5) is 5.50. The van der Waals surface area contributed by atoms with Crippen molar-refractivity contribution >= 4 is 10.9 Å². The fraction of sp³-hybridized carbons (Fsp3) is 0.333. The van der Waals surface area contributed by atoms with Gasteiger partial charge >= 0.3 is 0 Å². The first-order valence-corrected chi connectivity index (χ1v) is 4.97. The van der Waals surface area contributed by atoms with Gasteiger partial charge in [-0.1, -0.05) is 18.2 Å². The Balaban J connectivity index is 2.27. The van der Waals surface area contributed by atoms with Crippen molar-refractivity contribution in [3.63, 3.8) is 0 Å².